The molecule has 0 aromatic carbocycles. The van der Waals surface area contributed by atoms with Crippen LogP contribution in [-0.4, -0.2) is 35.3 Å². The van der Waals surface area contributed by atoms with Gasteiger partial charge in [-0.3, -0.25) is 5.32 Å². The van der Waals surface area contributed by atoms with E-state index in [2.05, 4.69) is 11.4 Å². The van der Waals surface area contributed by atoms with E-state index in [1.54, 1.807) is 0 Å². The molecule has 0 bridgehead atoms. The van der Waals surface area contributed by atoms with Crippen LogP contribution in [0, 0.1) is 11.3 Å². The van der Waals surface area contributed by atoms with Crippen molar-refractivity contribution in [3.63, 3.8) is 0 Å². The highest BCUT2D eigenvalue weighted by Crippen LogP contribution is 2.39. The highest BCUT2D eigenvalue weighted by Gasteiger charge is 2.43. The Hall–Kier alpha value is -0.240. The molecule has 2 aliphatic carbocycles. The van der Waals surface area contributed by atoms with Crippen molar-refractivity contribution in [3.05, 3.63) is 0 Å². The van der Waals surface area contributed by atoms with Crippen molar-refractivity contribution >= 4 is 11.8 Å². The Morgan fingerprint density at radius 2 is 2.22 bits per heavy atom. The zero-order chi connectivity index (χ0) is 12.4. The zero-order valence-corrected chi connectivity index (χ0v) is 11.7. The topological polar surface area (TPSA) is 45.0 Å². The Morgan fingerprint density at radius 3 is 2.89 bits per heavy atom. The van der Waals surface area contributed by atoms with E-state index in [0.717, 1.165) is 25.2 Å². The van der Waals surface area contributed by atoms with Crippen LogP contribution in [-0.2, 0) is 4.74 Å². The molecule has 18 heavy (non-hydrogen) atoms. The number of hydrogen-bond acceptors (Lipinski definition) is 4. The van der Waals surface area contributed by atoms with Gasteiger partial charge in [-0.2, -0.15) is 17.0 Å². The fourth-order valence-electron chi connectivity index (χ4n) is 3.04. The van der Waals surface area contributed by atoms with Gasteiger partial charge in [-0.25, -0.2) is 0 Å². The first kappa shape index (κ1) is 12.8. The molecule has 3 unspecified atom stereocenters. The highest BCUT2D eigenvalue weighted by molar-refractivity contribution is 7.99. The first-order valence-corrected chi connectivity index (χ1v) is 8.27. The first-order chi connectivity index (χ1) is 8.80. The van der Waals surface area contributed by atoms with Gasteiger partial charge in [-0.05, 0) is 44.9 Å². The van der Waals surface area contributed by atoms with Gasteiger partial charge in [-0.1, -0.05) is 0 Å². The van der Waals surface area contributed by atoms with E-state index in [-0.39, 0.29) is 5.54 Å². The molecule has 1 aliphatic heterocycles. The summed E-state index contributed by atoms with van der Waals surface area (Å²) in [5.74, 6) is 1.12. The average Bonchev–Trinajstić information content (AvgIpc) is 2.91. The number of thioether (sulfide) groups is 1. The summed E-state index contributed by atoms with van der Waals surface area (Å²) in [6, 6.07) is 3.18. The molecule has 2 saturated carbocycles. The molecule has 0 aromatic rings. The third-order valence-corrected chi connectivity index (χ3v) is 5.72. The smallest absolute Gasteiger partial charge is 0.108 e. The average molecular weight is 266 g/mol. The van der Waals surface area contributed by atoms with E-state index in [9.17, 15) is 5.26 Å². The van der Waals surface area contributed by atoms with Crippen molar-refractivity contribution < 1.29 is 4.74 Å². The lowest BCUT2D eigenvalue weighted by Gasteiger charge is -2.22. The maximum Gasteiger partial charge on any atom is 0.108 e. The van der Waals surface area contributed by atoms with Crippen molar-refractivity contribution in [1.82, 2.24) is 5.32 Å². The second kappa shape index (κ2) is 5.40. The lowest BCUT2D eigenvalue weighted by molar-refractivity contribution is 0.129. The summed E-state index contributed by atoms with van der Waals surface area (Å²) in [5, 5.41) is 13.7. The minimum atomic E-state index is -0.213. The van der Waals surface area contributed by atoms with Crippen LogP contribution in [0.2, 0.25) is 0 Å². The summed E-state index contributed by atoms with van der Waals surface area (Å²) < 4.78 is 5.66. The molecule has 3 rings (SSSR count). The van der Waals surface area contributed by atoms with Gasteiger partial charge < -0.3 is 4.74 Å². The van der Waals surface area contributed by atoms with E-state index in [1.165, 1.54) is 32.1 Å². The Morgan fingerprint density at radius 1 is 1.33 bits per heavy atom. The summed E-state index contributed by atoms with van der Waals surface area (Å²) in [6.07, 6.45) is 8.69. The van der Waals surface area contributed by atoms with Crippen LogP contribution in [0.5, 0.6) is 0 Å². The second-order valence-corrected chi connectivity index (χ2v) is 7.28. The second-order valence-electron chi connectivity index (χ2n) is 5.95. The monoisotopic (exact) mass is 266 g/mol. The van der Waals surface area contributed by atoms with Crippen molar-refractivity contribution in [2.75, 3.05) is 12.4 Å². The number of ether oxygens (including phenoxy) is 1. The Labute approximate surface area is 114 Å². The number of nitriles is 1. The lowest BCUT2D eigenvalue weighted by Crippen LogP contribution is -2.43. The van der Waals surface area contributed by atoms with Gasteiger partial charge in [0.2, 0.25) is 0 Å². The molecule has 1 heterocycles. The van der Waals surface area contributed by atoms with Crippen molar-refractivity contribution in [1.29, 1.82) is 5.26 Å². The van der Waals surface area contributed by atoms with Gasteiger partial charge in [0.15, 0.2) is 0 Å². The third-order valence-electron chi connectivity index (χ3n) is 4.28. The molecule has 4 heteroatoms. The van der Waals surface area contributed by atoms with E-state index < -0.39 is 0 Å². The molecule has 1 N–H and O–H groups in total. The van der Waals surface area contributed by atoms with Gasteiger partial charge in [0.1, 0.15) is 5.54 Å². The summed E-state index contributed by atoms with van der Waals surface area (Å²) in [5.41, 5.74) is -0.213. The Balaban J connectivity index is 1.45. The predicted octanol–water partition coefficient (Wildman–Crippen LogP) is 2.47. The van der Waals surface area contributed by atoms with Gasteiger partial charge in [0.25, 0.3) is 0 Å². The fraction of sp³-hybridized carbons (Fsp3) is 0.929. The van der Waals surface area contributed by atoms with E-state index in [1.807, 2.05) is 11.8 Å². The minimum absolute atomic E-state index is 0.213. The van der Waals surface area contributed by atoms with E-state index >= 15 is 0 Å². The van der Waals surface area contributed by atoms with Gasteiger partial charge >= 0.3 is 0 Å². The first-order valence-electron chi connectivity index (χ1n) is 7.22. The predicted molar refractivity (Wildman–Crippen MR) is 73.6 cm³/mol. The largest absolute Gasteiger partial charge is 0.377 e. The van der Waals surface area contributed by atoms with Crippen LogP contribution < -0.4 is 5.32 Å². The molecule has 0 radical (unpaired) electrons. The normalized spacial score (nSPS) is 39.9. The number of hydrogen-bond donors (Lipinski definition) is 1. The number of nitrogens with one attached hydrogen (secondary N) is 1. The summed E-state index contributed by atoms with van der Waals surface area (Å²) in [7, 11) is 0. The molecule has 3 atom stereocenters. The van der Waals surface area contributed by atoms with Crippen LogP contribution in [0.3, 0.4) is 0 Å². The maximum atomic E-state index is 9.44. The number of rotatable bonds is 5. The molecule has 3 nitrogen and oxygen atoms in total. The lowest BCUT2D eigenvalue weighted by atomic mass is 10.00. The molecule has 0 amide bonds. The zero-order valence-electron chi connectivity index (χ0n) is 10.9. The summed E-state index contributed by atoms with van der Waals surface area (Å²) >= 11 is 2.03. The number of nitrogens with zero attached hydrogens (tertiary/aromatic N) is 1. The highest BCUT2D eigenvalue weighted by atomic mass is 32.2. The van der Waals surface area contributed by atoms with Crippen LogP contribution >= 0.6 is 11.8 Å². The van der Waals surface area contributed by atoms with Gasteiger partial charge in [0.05, 0.1) is 12.2 Å². The molecule has 3 aliphatic rings. The SMILES string of the molecule is N#CC1(NC2CC2)CCC(SCC2CCCO2)C1. The molecule has 0 spiro atoms. The fourth-order valence-corrected chi connectivity index (χ4v) is 4.48. The van der Waals surface area contributed by atoms with Crippen LogP contribution in [0.15, 0.2) is 0 Å². The van der Waals surface area contributed by atoms with Gasteiger partial charge in [0, 0.05) is 23.7 Å². The molecule has 100 valence electrons. The Kier molecular flexibility index (Phi) is 3.83. The van der Waals surface area contributed by atoms with E-state index in [0.29, 0.717) is 17.4 Å². The quantitative estimate of drug-likeness (QED) is 0.830. The van der Waals surface area contributed by atoms with Crippen molar-refractivity contribution in [2.24, 2.45) is 0 Å². The van der Waals surface area contributed by atoms with E-state index in [4.69, 9.17) is 4.74 Å². The van der Waals surface area contributed by atoms with Crippen LogP contribution in [0.4, 0.5) is 0 Å². The van der Waals surface area contributed by atoms with Crippen molar-refractivity contribution in [2.45, 2.75) is 67.9 Å². The summed E-state index contributed by atoms with van der Waals surface area (Å²) in [6.45, 7) is 0.946. The standard InChI is InChI=1S/C14H22N2OS/c15-10-14(16-11-3-4-11)6-5-13(8-14)18-9-12-2-1-7-17-12/h11-13,16H,1-9H2. The molecule has 1 saturated heterocycles. The van der Waals surface area contributed by atoms with Crippen molar-refractivity contribution in [3.8, 4) is 6.07 Å². The molecule has 0 aromatic heterocycles. The molecular weight excluding hydrogens is 244 g/mol. The molecule has 3 fully saturated rings. The van der Waals surface area contributed by atoms with Gasteiger partial charge in [-0.15, -0.1) is 0 Å². The summed E-state index contributed by atoms with van der Waals surface area (Å²) in [4.78, 5) is 0. The minimum Gasteiger partial charge on any atom is -0.377 e. The van der Waals surface area contributed by atoms with Crippen LogP contribution in [0.1, 0.15) is 44.9 Å². The van der Waals surface area contributed by atoms with Crippen LogP contribution in [0.25, 0.3) is 0 Å². The molecular formula is C14H22N2OS. The maximum absolute atomic E-state index is 9.44. The third kappa shape index (κ3) is 3.01. The Bertz CT molecular complexity index is 333.